The maximum Gasteiger partial charge on any atom is 0.262 e. The summed E-state index contributed by atoms with van der Waals surface area (Å²) in [7, 11) is -3.84. The van der Waals surface area contributed by atoms with E-state index in [-0.39, 0.29) is 17.3 Å². The average Bonchev–Trinajstić information content (AvgIpc) is 3.52. The summed E-state index contributed by atoms with van der Waals surface area (Å²) in [5.74, 6) is 1.00. The smallest absolute Gasteiger partial charge is 0.262 e. The number of hydrogen-bond acceptors (Lipinski definition) is 9. The van der Waals surface area contributed by atoms with Crippen molar-refractivity contribution in [3.05, 3.63) is 60.0 Å². The largest absolute Gasteiger partial charge is 0.486 e. The van der Waals surface area contributed by atoms with E-state index in [4.69, 9.17) is 9.47 Å². The predicted molar refractivity (Wildman–Crippen MR) is 124 cm³/mol. The number of nitrogens with one attached hydrogen (secondary N) is 2. The number of benzene rings is 2. The molecule has 34 heavy (non-hydrogen) atoms. The lowest BCUT2D eigenvalue weighted by molar-refractivity contribution is -0.117. The van der Waals surface area contributed by atoms with E-state index in [0.29, 0.717) is 41.9 Å². The van der Waals surface area contributed by atoms with Gasteiger partial charge in [-0.2, -0.15) is 4.80 Å². The van der Waals surface area contributed by atoms with Crippen LogP contribution in [0.1, 0.15) is 0 Å². The number of amides is 1. The first-order valence-corrected chi connectivity index (χ1v) is 12.5. The first-order valence-electron chi connectivity index (χ1n) is 10.1. The lowest BCUT2D eigenvalue weighted by Gasteiger charge is -2.19. The molecule has 0 saturated carbocycles. The minimum Gasteiger partial charge on any atom is -0.486 e. The monoisotopic (exact) mass is 498 g/mol. The summed E-state index contributed by atoms with van der Waals surface area (Å²) in [5.41, 5.74) is 0.831. The number of anilines is 2. The highest BCUT2D eigenvalue weighted by Gasteiger charge is 2.19. The number of thiophene rings is 1. The van der Waals surface area contributed by atoms with Gasteiger partial charge in [0.05, 0.1) is 9.77 Å². The van der Waals surface area contributed by atoms with Gasteiger partial charge in [0.25, 0.3) is 10.0 Å². The van der Waals surface area contributed by atoms with Crippen LogP contribution in [0.15, 0.2) is 64.9 Å². The number of tetrazole rings is 1. The van der Waals surface area contributed by atoms with Gasteiger partial charge in [-0.05, 0) is 53.1 Å². The topological polar surface area (TPSA) is 137 Å². The van der Waals surface area contributed by atoms with Crippen molar-refractivity contribution in [2.24, 2.45) is 0 Å². The molecule has 3 heterocycles. The summed E-state index contributed by atoms with van der Waals surface area (Å²) >= 11 is 1.48. The van der Waals surface area contributed by atoms with Crippen LogP contribution in [0.2, 0.25) is 0 Å². The maximum absolute atomic E-state index is 12.7. The highest BCUT2D eigenvalue weighted by atomic mass is 32.2. The van der Waals surface area contributed by atoms with Crippen molar-refractivity contribution >= 4 is 38.6 Å². The number of hydrogen-bond donors (Lipinski definition) is 2. The van der Waals surface area contributed by atoms with Gasteiger partial charge in [-0.1, -0.05) is 6.07 Å². The number of nitrogens with zero attached hydrogens (tertiary/aromatic N) is 4. The second kappa shape index (κ2) is 9.11. The third-order valence-corrected chi connectivity index (χ3v) is 6.97. The van der Waals surface area contributed by atoms with Gasteiger partial charge in [0.15, 0.2) is 11.5 Å². The van der Waals surface area contributed by atoms with Crippen molar-refractivity contribution in [3.63, 3.8) is 0 Å². The summed E-state index contributed by atoms with van der Waals surface area (Å²) in [6, 6.07) is 14.5. The van der Waals surface area contributed by atoms with Crippen molar-refractivity contribution in [2.45, 2.75) is 11.4 Å². The Balaban J connectivity index is 1.20. The van der Waals surface area contributed by atoms with Crippen molar-refractivity contribution in [1.29, 1.82) is 0 Å². The van der Waals surface area contributed by atoms with Crippen LogP contribution in [0.25, 0.3) is 10.7 Å². The maximum atomic E-state index is 12.7. The third-order valence-electron chi connectivity index (χ3n) is 4.72. The SMILES string of the molecule is O=C(Cn1nnc(-c2cccs2)n1)Nc1ccc(NS(=O)(=O)c2ccc3c(c2)OCCO3)cc1. The summed E-state index contributed by atoms with van der Waals surface area (Å²) in [6.45, 7) is 0.669. The second-order valence-corrected chi connectivity index (χ2v) is 9.79. The molecule has 0 aliphatic carbocycles. The second-order valence-electron chi connectivity index (χ2n) is 7.16. The van der Waals surface area contributed by atoms with E-state index in [1.807, 2.05) is 17.5 Å². The molecule has 5 rings (SSSR count). The van der Waals surface area contributed by atoms with Crippen LogP contribution in [-0.4, -0.2) is 47.7 Å². The summed E-state index contributed by atoms with van der Waals surface area (Å²) < 4.78 is 38.9. The molecule has 2 N–H and O–H groups in total. The lowest BCUT2D eigenvalue weighted by Crippen LogP contribution is -2.20. The summed E-state index contributed by atoms with van der Waals surface area (Å²) in [5, 5.41) is 16.7. The van der Waals surface area contributed by atoms with Crippen molar-refractivity contribution in [2.75, 3.05) is 23.3 Å². The van der Waals surface area contributed by atoms with Crippen LogP contribution in [0, 0.1) is 0 Å². The highest BCUT2D eigenvalue weighted by Crippen LogP contribution is 2.32. The number of sulfonamides is 1. The molecule has 1 amide bonds. The molecule has 11 nitrogen and oxygen atoms in total. The van der Waals surface area contributed by atoms with E-state index in [0.717, 1.165) is 4.88 Å². The Labute approximate surface area is 198 Å². The molecule has 0 atom stereocenters. The normalized spacial score (nSPS) is 12.8. The minimum absolute atomic E-state index is 0.0522. The van der Waals surface area contributed by atoms with Crippen LogP contribution >= 0.6 is 11.3 Å². The van der Waals surface area contributed by atoms with Gasteiger partial charge in [0.2, 0.25) is 11.7 Å². The molecule has 0 saturated heterocycles. The van der Waals surface area contributed by atoms with Crippen LogP contribution in [-0.2, 0) is 21.4 Å². The molecule has 13 heteroatoms. The lowest BCUT2D eigenvalue weighted by atomic mass is 10.3. The van der Waals surface area contributed by atoms with E-state index >= 15 is 0 Å². The average molecular weight is 499 g/mol. The van der Waals surface area contributed by atoms with Gasteiger partial charge < -0.3 is 14.8 Å². The Kier molecular flexibility index (Phi) is 5.86. The molecule has 1 aliphatic heterocycles. The Morgan fingerprint density at radius 1 is 1.03 bits per heavy atom. The third kappa shape index (κ3) is 4.84. The number of fused-ring (bicyclic) bond motifs is 1. The van der Waals surface area contributed by atoms with Crippen molar-refractivity contribution in [1.82, 2.24) is 20.2 Å². The Morgan fingerprint density at radius 2 is 1.79 bits per heavy atom. The van der Waals surface area contributed by atoms with Crippen molar-refractivity contribution in [3.8, 4) is 22.2 Å². The zero-order valence-corrected chi connectivity index (χ0v) is 19.2. The van der Waals surface area contributed by atoms with Crippen LogP contribution in [0.4, 0.5) is 11.4 Å². The minimum atomic E-state index is -3.84. The number of carbonyl (C=O) groups is 1. The van der Waals surface area contributed by atoms with Gasteiger partial charge >= 0.3 is 0 Å². The molecule has 0 radical (unpaired) electrons. The standard InChI is InChI=1S/C21H18N6O5S2/c28-20(13-27-24-21(23-26-27)19-2-1-11-33-19)22-14-3-5-15(6-4-14)25-34(29,30)16-7-8-17-18(12-16)32-10-9-31-17/h1-8,11-12,25H,9-10,13H2,(H,22,28). The fourth-order valence-electron chi connectivity index (χ4n) is 3.17. The first-order chi connectivity index (χ1) is 16.5. The number of ether oxygens (including phenoxy) is 2. The quantitative estimate of drug-likeness (QED) is 0.397. The van der Waals surface area contributed by atoms with E-state index in [1.165, 1.54) is 28.3 Å². The molecular weight excluding hydrogens is 480 g/mol. The van der Waals surface area contributed by atoms with E-state index in [9.17, 15) is 13.2 Å². The first kappa shape index (κ1) is 21.9. The van der Waals surface area contributed by atoms with Crippen LogP contribution in [0.3, 0.4) is 0 Å². The fourth-order valence-corrected chi connectivity index (χ4v) is 4.89. The Hall–Kier alpha value is -3.97. The zero-order chi connectivity index (χ0) is 23.5. The molecule has 4 aromatic rings. The molecule has 1 aliphatic rings. The zero-order valence-electron chi connectivity index (χ0n) is 17.5. The van der Waals surface area contributed by atoms with E-state index in [2.05, 4.69) is 25.4 Å². The molecule has 174 valence electrons. The van der Waals surface area contributed by atoms with E-state index in [1.54, 1.807) is 30.3 Å². The predicted octanol–water partition coefficient (Wildman–Crippen LogP) is 2.61. The number of rotatable bonds is 7. The van der Waals surface area contributed by atoms with Gasteiger partial charge in [0, 0.05) is 17.4 Å². The molecule has 0 bridgehead atoms. The molecule has 0 fully saturated rings. The van der Waals surface area contributed by atoms with Gasteiger partial charge in [-0.15, -0.1) is 21.5 Å². The van der Waals surface area contributed by atoms with Crippen LogP contribution < -0.4 is 19.5 Å². The Bertz CT molecular complexity index is 1420. The number of aromatic nitrogens is 4. The molecule has 2 aromatic heterocycles. The molecule has 0 spiro atoms. The summed E-state index contributed by atoms with van der Waals surface area (Å²) in [6.07, 6.45) is 0. The van der Waals surface area contributed by atoms with Gasteiger partial charge in [0.1, 0.15) is 19.8 Å². The molecular formula is C21H18N6O5S2. The molecule has 2 aromatic carbocycles. The van der Waals surface area contributed by atoms with Gasteiger partial charge in [-0.25, -0.2) is 8.42 Å². The molecule has 0 unspecified atom stereocenters. The highest BCUT2D eigenvalue weighted by molar-refractivity contribution is 7.92. The van der Waals surface area contributed by atoms with Crippen LogP contribution in [0.5, 0.6) is 11.5 Å². The van der Waals surface area contributed by atoms with Gasteiger partial charge in [-0.3, -0.25) is 9.52 Å². The fraction of sp³-hybridized carbons (Fsp3) is 0.143. The summed E-state index contributed by atoms with van der Waals surface area (Å²) in [4.78, 5) is 14.4. The number of carbonyl (C=O) groups excluding carboxylic acids is 1. The van der Waals surface area contributed by atoms with Crippen molar-refractivity contribution < 1.29 is 22.7 Å². The Morgan fingerprint density at radius 3 is 2.56 bits per heavy atom. The van der Waals surface area contributed by atoms with E-state index < -0.39 is 10.0 Å².